The Morgan fingerprint density at radius 1 is 1.20 bits per heavy atom. The van der Waals surface area contributed by atoms with Gasteiger partial charge < -0.3 is 14.5 Å². The van der Waals surface area contributed by atoms with Gasteiger partial charge in [-0.1, -0.05) is 35.1 Å². The Balaban J connectivity index is 1.99. The smallest absolute Gasteiger partial charge is 0.276 e. The van der Waals surface area contributed by atoms with Crippen LogP contribution < -0.4 is 14.7 Å². The molecule has 0 radical (unpaired) electrons. The summed E-state index contributed by atoms with van der Waals surface area (Å²) in [5, 5.41) is 14.9. The lowest BCUT2D eigenvalue weighted by molar-refractivity contribution is -0.255. The van der Waals surface area contributed by atoms with E-state index in [0.29, 0.717) is 9.50 Å². The van der Waals surface area contributed by atoms with Gasteiger partial charge in [-0.05, 0) is 36.8 Å². The van der Waals surface area contributed by atoms with Gasteiger partial charge in [-0.3, -0.25) is 0 Å². The number of aromatic nitrogens is 1. The number of nitrogens with one attached hydrogen (secondary N) is 1. The van der Waals surface area contributed by atoms with Crippen molar-refractivity contribution in [1.82, 2.24) is 9.40 Å². The number of nitrogens with zero attached hydrogens (tertiary/aromatic N) is 2. The predicted molar refractivity (Wildman–Crippen MR) is 92.2 cm³/mol. The van der Waals surface area contributed by atoms with Gasteiger partial charge in [-0.2, -0.15) is 13.2 Å². The van der Waals surface area contributed by atoms with Gasteiger partial charge in [0, 0.05) is 7.05 Å². The largest absolute Gasteiger partial charge is 0.545 e. The van der Waals surface area contributed by atoms with Crippen molar-refractivity contribution in [2.24, 2.45) is 12.1 Å². The van der Waals surface area contributed by atoms with Crippen molar-refractivity contribution in [2.45, 2.75) is 11.8 Å². The number of hydrogen-bond acceptors (Lipinski definition) is 6. The van der Waals surface area contributed by atoms with Crippen molar-refractivity contribution in [1.29, 1.82) is 0 Å². The number of hydrogen-bond donors (Lipinski definition) is 1. The maximum absolute atomic E-state index is 12.3. The Hall–Kier alpha value is -2.65. The van der Waals surface area contributed by atoms with Crippen LogP contribution in [-0.2, 0) is 17.1 Å². The highest BCUT2D eigenvalue weighted by Crippen LogP contribution is 2.18. The van der Waals surface area contributed by atoms with Crippen LogP contribution in [0.4, 0.5) is 0 Å². The lowest BCUT2D eigenvalue weighted by atomic mass is 10.2. The minimum Gasteiger partial charge on any atom is -0.545 e. The van der Waals surface area contributed by atoms with Crippen molar-refractivity contribution >= 4 is 37.5 Å². The second kappa shape index (κ2) is 6.34. The molecule has 0 aliphatic heterocycles. The number of carbonyl (C=O) groups excluding carboxylic acids is 1. The summed E-state index contributed by atoms with van der Waals surface area (Å²) in [5.41, 5.74) is 1.75. The molecule has 2 aromatic carbocycles. The van der Waals surface area contributed by atoms with E-state index in [2.05, 4.69) is 9.93 Å². The van der Waals surface area contributed by atoms with Gasteiger partial charge in [0.15, 0.2) is 0 Å². The number of benzene rings is 2. The molecule has 1 N–H and O–H groups in total. The molecule has 3 aromatic rings. The molecule has 1 aromatic heterocycles. The fourth-order valence-corrected chi connectivity index (χ4v) is 4.12. The Morgan fingerprint density at radius 3 is 2.52 bits per heavy atom. The molecular weight excluding hydrogens is 362 g/mol. The van der Waals surface area contributed by atoms with Crippen molar-refractivity contribution in [3.8, 4) is 0 Å². The number of aromatic carboxylic acids is 1. The second-order valence-corrected chi connectivity index (χ2v) is 8.10. The summed E-state index contributed by atoms with van der Waals surface area (Å²) in [6.45, 7) is 1.87. The first kappa shape index (κ1) is 17.2. The minimum atomic E-state index is -3.78. The van der Waals surface area contributed by atoms with E-state index in [1.54, 1.807) is 29.8 Å². The van der Waals surface area contributed by atoms with E-state index >= 15 is 0 Å². The first-order valence-electron chi connectivity index (χ1n) is 7.21. The molecular formula is C16H14N3O4S2-. The highest BCUT2D eigenvalue weighted by atomic mass is 32.2. The summed E-state index contributed by atoms with van der Waals surface area (Å²) in [6.07, 6.45) is 0. The average molecular weight is 376 g/mol. The lowest BCUT2D eigenvalue weighted by Gasteiger charge is -2.03. The predicted octanol–water partition coefficient (Wildman–Crippen LogP) is 0.706. The van der Waals surface area contributed by atoms with Crippen LogP contribution in [0.2, 0.25) is 0 Å². The van der Waals surface area contributed by atoms with Crippen molar-refractivity contribution in [3.05, 3.63) is 58.4 Å². The van der Waals surface area contributed by atoms with Gasteiger partial charge in [0.25, 0.3) is 10.0 Å². The van der Waals surface area contributed by atoms with Crippen LogP contribution in [0.5, 0.6) is 0 Å². The van der Waals surface area contributed by atoms with Crippen molar-refractivity contribution in [2.75, 3.05) is 0 Å². The summed E-state index contributed by atoms with van der Waals surface area (Å²) in [4.78, 5) is 13.7. The van der Waals surface area contributed by atoms with Crippen molar-refractivity contribution < 1.29 is 18.3 Å². The van der Waals surface area contributed by atoms with Gasteiger partial charge in [-0.15, -0.1) is 5.10 Å². The fraction of sp³-hybridized carbons (Fsp3) is 0.125. The summed E-state index contributed by atoms with van der Waals surface area (Å²) in [5.74, 6) is -1.27. The van der Waals surface area contributed by atoms with Crippen molar-refractivity contribution in [3.63, 3.8) is 0 Å². The number of aryl methyl sites for hydroxylation is 2. The normalized spacial score (nSPS) is 12.5. The molecule has 1 heterocycles. The molecule has 130 valence electrons. The second-order valence-electron chi connectivity index (χ2n) is 5.43. The monoisotopic (exact) mass is 376 g/mol. The topological polar surface area (TPSA) is 104 Å². The van der Waals surface area contributed by atoms with E-state index in [1.807, 2.05) is 6.92 Å². The quantitative estimate of drug-likeness (QED) is 0.677. The van der Waals surface area contributed by atoms with E-state index in [-0.39, 0.29) is 10.5 Å². The van der Waals surface area contributed by atoms with Gasteiger partial charge >= 0.3 is 0 Å². The number of thiazole rings is 1. The number of carbonyl (C=O) groups is 1. The van der Waals surface area contributed by atoms with E-state index in [9.17, 15) is 18.3 Å². The Bertz CT molecular complexity index is 1130. The summed E-state index contributed by atoms with van der Waals surface area (Å²) < 4.78 is 26.9. The molecule has 0 fully saturated rings. The molecule has 0 bridgehead atoms. The molecule has 25 heavy (non-hydrogen) atoms. The van der Waals surface area contributed by atoms with Gasteiger partial charge in [-0.25, -0.2) is 0 Å². The molecule has 0 spiro atoms. The average Bonchev–Trinajstić information content (AvgIpc) is 2.89. The number of carboxylic acids is 1. The first-order chi connectivity index (χ1) is 11.8. The SMILES string of the molecule is Cc1ccc(S(=O)(=O)NN=c2sc3cc(C(=O)[O-])ccc3n2C)cc1. The summed E-state index contributed by atoms with van der Waals surface area (Å²) in [6, 6.07) is 11.0. The van der Waals surface area contributed by atoms with E-state index in [4.69, 9.17) is 0 Å². The molecule has 9 heteroatoms. The van der Waals surface area contributed by atoms with E-state index < -0.39 is 16.0 Å². The van der Waals surface area contributed by atoms with Crippen LogP contribution in [0.15, 0.2) is 52.5 Å². The van der Waals surface area contributed by atoms with E-state index in [0.717, 1.165) is 11.1 Å². The van der Waals surface area contributed by atoms with Crippen LogP contribution in [0.3, 0.4) is 0 Å². The van der Waals surface area contributed by atoms with Crippen LogP contribution in [0.1, 0.15) is 15.9 Å². The highest BCUT2D eigenvalue weighted by molar-refractivity contribution is 7.89. The molecule has 0 aliphatic carbocycles. The van der Waals surface area contributed by atoms with Gasteiger partial charge in [0.05, 0.1) is 21.1 Å². The zero-order valence-corrected chi connectivity index (χ0v) is 15.0. The Labute approximate surface area is 147 Å². The highest BCUT2D eigenvalue weighted by Gasteiger charge is 2.13. The number of fused-ring (bicyclic) bond motifs is 1. The number of carboxylic acid groups (broad SMARTS) is 1. The maximum Gasteiger partial charge on any atom is 0.276 e. The lowest BCUT2D eigenvalue weighted by Crippen LogP contribution is -2.23. The maximum atomic E-state index is 12.3. The zero-order chi connectivity index (χ0) is 18.2. The third-order valence-electron chi connectivity index (χ3n) is 3.64. The molecule has 0 amide bonds. The molecule has 0 saturated heterocycles. The number of rotatable bonds is 4. The van der Waals surface area contributed by atoms with E-state index in [1.165, 1.54) is 35.6 Å². The van der Waals surface area contributed by atoms with Gasteiger partial charge in [0.1, 0.15) is 0 Å². The minimum absolute atomic E-state index is 0.0566. The van der Waals surface area contributed by atoms with Crippen LogP contribution in [0.25, 0.3) is 10.2 Å². The molecule has 3 rings (SSSR count). The van der Waals surface area contributed by atoms with Crippen LogP contribution >= 0.6 is 11.3 Å². The Morgan fingerprint density at radius 2 is 1.88 bits per heavy atom. The molecule has 7 nitrogen and oxygen atoms in total. The fourth-order valence-electron chi connectivity index (χ4n) is 2.24. The standard InChI is InChI=1S/C16H15N3O4S2/c1-10-3-6-12(7-4-10)25(22,23)18-17-16-19(2)13-8-5-11(15(20)21)9-14(13)24-16/h3-9,18H,1-2H3,(H,20,21)/p-1. The van der Waals surface area contributed by atoms with Gasteiger partial charge in [0.2, 0.25) is 4.80 Å². The zero-order valence-electron chi connectivity index (χ0n) is 13.4. The summed E-state index contributed by atoms with van der Waals surface area (Å²) in [7, 11) is -2.06. The third kappa shape index (κ3) is 3.42. The summed E-state index contributed by atoms with van der Waals surface area (Å²) >= 11 is 1.17. The first-order valence-corrected chi connectivity index (χ1v) is 9.51. The molecule has 0 aliphatic rings. The molecule has 0 saturated carbocycles. The number of sulfonamides is 1. The Kier molecular flexibility index (Phi) is 4.36. The molecule has 0 atom stereocenters. The van der Waals surface area contributed by atoms with Crippen LogP contribution in [0, 0.1) is 6.92 Å². The van der Waals surface area contributed by atoms with Crippen LogP contribution in [-0.4, -0.2) is 19.0 Å². The third-order valence-corrected chi connectivity index (χ3v) is 5.96. The molecule has 0 unspecified atom stereocenters.